The molecule has 1 unspecified atom stereocenters. The van der Waals surface area contributed by atoms with Crippen molar-refractivity contribution in [3.05, 3.63) is 24.3 Å². The van der Waals surface area contributed by atoms with E-state index >= 15 is 0 Å². The molecule has 1 N–H and O–H groups in total. The number of carbonyl (C=O) groups excluding carboxylic acids is 3. The normalized spacial score (nSPS) is 17.2. The van der Waals surface area contributed by atoms with Gasteiger partial charge in [0.1, 0.15) is 0 Å². The summed E-state index contributed by atoms with van der Waals surface area (Å²) in [5.41, 5.74) is 2.42. The number of rotatable bonds is 5. The van der Waals surface area contributed by atoms with Gasteiger partial charge in [-0.15, -0.1) is 0 Å². The molecule has 0 aliphatic carbocycles. The molecule has 1 aliphatic rings. The maximum Gasteiger partial charge on any atom is 0.311 e. The number of methoxy groups -OCH3 is 2. The Balaban J connectivity index is 1.97. The van der Waals surface area contributed by atoms with E-state index in [0.29, 0.717) is 11.5 Å². The summed E-state index contributed by atoms with van der Waals surface area (Å²) in [7, 11) is 2.74. The van der Waals surface area contributed by atoms with Gasteiger partial charge >= 0.3 is 5.97 Å². The summed E-state index contributed by atoms with van der Waals surface area (Å²) in [6, 6.07) is 6.89. The van der Waals surface area contributed by atoms with Crippen molar-refractivity contribution in [1.82, 2.24) is 10.4 Å². The molecular formula is C15H18N2O6. The molecule has 0 aromatic heterocycles. The first-order valence-corrected chi connectivity index (χ1v) is 6.98. The average molecular weight is 322 g/mol. The molecule has 23 heavy (non-hydrogen) atoms. The SMILES string of the molecule is COC(=O)C1CC(=O)NN(C(=O)COc2ccccc2OC)C1. The summed E-state index contributed by atoms with van der Waals surface area (Å²) in [5.74, 6) is -1.19. The topological polar surface area (TPSA) is 94.2 Å². The highest BCUT2D eigenvalue weighted by atomic mass is 16.5. The fourth-order valence-corrected chi connectivity index (χ4v) is 2.19. The molecule has 1 fully saturated rings. The van der Waals surface area contributed by atoms with Crippen LogP contribution in [0.25, 0.3) is 0 Å². The molecule has 1 saturated heterocycles. The molecule has 2 rings (SSSR count). The van der Waals surface area contributed by atoms with Crippen molar-refractivity contribution < 1.29 is 28.6 Å². The summed E-state index contributed by atoms with van der Waals surface area (Å²) in [6.07, 6.45) is -0.0101. The molecule has 1 heterocycles. The van der Waals surface area contributed by atoms with Crippen molar-refractivity contribution in [3.63, 3.8) is 0 Å². The molecule has 1 atom stereocenters. The third-order valence-corrected chi connectivity index (χ3v) is 3.35. The van der Waals surface area contributed by atoms with E-state index in [2.05, 4.69) is 10.2 Å². The number of hydrogen-bond donors (Lipinski definition) is 1. The Labute approximate surface area is 133 Å². The lowest BCUT2D eigenvalue weighted by atomic mass is 10.0. The lowest BCUT2D eigenvalue weighted by Crippen LogP contribution is -2.55. The zero-order valence-electron chi connectivity index (χ0n) is 12.9. The molecule has 0 bridgehead atoms. The Morgan fingerprint density at radius 3 is 2.61 bits per heavy atom. The molecule has 1 aromatic rings. The van der Waals surface area contributed by atoms with Gasteiger partial charge in [-0.25, -0.2) is 0 Å². The van der Waals surface area contributed by atoms with Crippen LogP contribution in [-0.2, 0) is 19.1 Å². The smallest absolute Gasteiger partial charge is 0.311 e. The molecule has 8 heteroatoms. The van der Waals surface area contributed by atoms with E-state index in [4.69, 9.17) is 9.47 Å². The summed E-state index contributed by atoms with van der Waals surface area (Å²) in [5, 5.41) is 1.07. The van der Waals surface area contributed by atoms with Crippen LogP contribution in [0.2, 0.25) is 0 Å². The van der Waals surface area contributed by atoms with E-state index in [0.717, 1.165) is 5.01 Å². The van der Waals surface area contributed by atoms with Crippen molar-refractivity contribution in [2.45, 2.75) is 6.42 Å². The van der Waals surface area contributed by atoms with Gasteiger partial charge in [-0.05, 0) is 12.1 Å². The van der Waals surface area contributed by atoms with E-state index in [1.54, 1.807) is 24.3 Å². The lowest BCUT2D eigenvalue weighted by molar-refractivity contribution is -0.157. The molecule has 8 nitrogen and oxygen atoms in total. The van der Waals surface area contributed by atoms with Crippen LogP contribution >= 0.6 is 0 Å². The Morgan fingerprint density at radius 2 is 1.96 bits per heavy atom. The number of nitrogens with one attached hydrogen (secondary N) is 1. The summed E-state index contributed by atoms with van der Waals surface area (Å²) < 4.78 is 15.2. The third kappa shape index (κ3) is 4.12. The zero-order valence-corrected chi connectivity index (χ0v) is 12.9. The van der Waals surface area contributed by atoms with E-state index in [-0.39, 0.29) is 19.6 Å². The van der Waals surface area contributed by atoms with Crippen LogP contribution < -0.4 is 14.9 Å². The monoisotopic (exact) mass is 322 g/mol. The maximum absolute atomic E-state index is 12.2. The molecule has 0 radical (unpaired) electrons. The zero-order chi connectivity index (χ0) is 16.8. The number of para-hydroxylation sites is 2. The van der Waals surface area contributed by atoms with Crippen LogP contribution in [0.1, 0.15) is 6.42 Å². The van der Waals surface area contributed by atoms with Crippen molar-refractivity contribution in [2.24, 2.45) is 5.92 Å². The third-order valence-electron chi connectivity index (χ3n) is 3.35. The van der Waals surface area contributed by atoms with Crippen LogP contribution in [0.3, 0.4) is 0 Å². The van der Waals surface area contributed by atoms with Gasteiger partial charge in [0.05, 0.1) is 26.7 Å². The largest absolute Gasteiger partial charge is 0.493 e. The van der Waals surface area contributed by atoms with Gasteiger partial charge in [0, 0.05) is 6.42 Å². The molecule has 0 spiro atoms. The second-order valence-corrected chi connectivity index (χ2v) is 4.90. The molecule has 124 valence electrons. The van der Waals surface area contributed by atoms with Gasteiger partial charge in [-0.1, -0.05) is 12.1 Å². The van der Waals surface area contributed by atoms with Gasteiger partial charge in [0.15, 0.2) is 18.1 Å². The van der Waals surface area contributed by atoms with Crippen molar-refractivity contribution in [1.29, 1.82) is 0 Å². The second-order valence-electron chi connectivity index (χ2n) is 4.90. The highest BCUT2D eigenvalue weighted by molar-refractivity contribution is 5.88. The highest BCUT2D eigenvalue weighted by Gasteiger charge is 2.33. The van der Waals surface area contributed by atoms with Crippen LogP contribution in [-0.4, -0.2) is 50.2 Å². The Bertz CT molecular complexity index is 603. The fourth-order valence-electron chi connectivity index (χ4n) is 2.19. The number of benzene rings is 1. The van der Waals surface area contributed by atoms with E-state index in [1.807, 2.05) is 0 Å². The second kappa shape index (κ2) is 7.48. The fraction of sp³-hybridized carbons (Fsp3) is 0.400. The van der Waals surface area contributed by atoms with Crippen LogP contribution in [0.4, 0.5) is 0 Å². The van der Waals surface area contributed by atoms with Gasteiger partial charge in [0.2, 0.25) is 5.91 Å². The predicted molar refractivity (Wildman–Crippen MR) is 78.5 cm³/mol. The summed E-state index contributed by atoms with van der Waals surface area (Å²) in [6.45, 7) is -0.249. The Hall–Kier alpha value is -2.77. The number of ether oxygens (including phenoxy) is 3. The van der Waals surface area contributed by atoms with Crippen LogP contribution in [0, 0.1) is 5.92 Å². The number of nitrogens with zero attached hydrogens (tertiary/aromatic N) is 1. The number of esters is 1. The number of carbonyl (C=O) groups is 3. The van der Waals surface area contributed by atoms with Crippen LogP contribution in [0.15, 0.2) is 24.3 Å². The van der Waals surface area contributed by atoms with Gasteiger partial charge in [0.25, 0.3) is 5.91 Å². The minimum atomic E-state index is -0.677. The first kappa shape index (κ1) is 16.6. The lowest BCUT2D eigenvalue weighted by Gasteiger charge is -2.31. The van der Waals surface area contributed by atoms with Gasteiger partial charge in [-0.2, -0.15) is 0 Å². The van der Waals surface area contributed by atoms with E-state index in [1.165, 1.54) is 14.2 Å². The van der Waals surface area contributed by atoms with Crippen molar-refractivity contribution in [2.75, 3.05) is 27.4 Å². The molecule has 1 aliphatic heterocycles. The molecule has 1 aromatic carbocycles. The molecular weight excluding hydrogens is 304 g/mol. The molecule has 2 amide bonds. The summed E-state index contributed by atoms with van der Waals surface area (Å²) in [4.78, 5) is 35.3. The van der Waals surface area contributed by atoms with Gasteiger partial charge in [-0.3, -0.25) is 24.8 Å². The predicted octanol–water partition coefficient (Wildman–Crippen LogP) is 0.127. The number of amides is 2. The maximum atomic E-state index is 12.2. The minimum Gasteiger partial charge on any atom is -0.493 e. The van der Waals surface area contributed by atoms with E-state index < -0.39 is 23.7 Å². The van der Waals surface area contributed by atoms with Gasteiger partial charge < -0.3 is 14.2 Å². The first-order valence-electron chi connectivity index (χ1n) is 6.98. The average Bonchev–Trinajstić information content (AvgIpc) is 2.58. The van der Waals surface area contributed by atoms with Crippen molar-refractivity contribution >= 4 is 17.8 Å². The Morgan fingerprint density at radius 1 is 1.26 bits per heavy atom. The number of hydrazine groups is 1. The number of hydrogen-bond acceptors (Lipinski definition) is 6. The summed E-state index contributed by atoms with van der Waals surface area (Å²) >= 11 is 0. The standard InChI is InChI=1S/C15H18N2O6/c1-21-11-5-3-4-6-12(11)23-9-14(19)17-8-10(15(20)22-2)7-13(18)16-17/h3-6,10H,7-9H2,1-2H3,(H,16,18). The van der Waals surface area contributed by atoms with Crippen LogP contribution in [0.5, 0.6) is 11.5 Å². The van der Waals surface area contributed by atoms with E-state index in [9.17, 15) is 14.4 Å². The molecule has 0 saturated carbocycles. The minimum absolute atomic E-state index is 0.0101. The van der Waals surface area contributed by atoms with Crippen molar-refractivity contribution in [3.8, 4) is 11.5 Å². The first-order chi connectivity index (χ1) is 11.0. The Kier molecular flexibility index (Phi) is 5.40. The highest BCUT2D eigenvalue weighted by Crippen LogP contribution is 2.25. The quantitative estimate of drug-likeness (QED) is 0.774.